The van der Waals surface area contributed by atoms with Gasteiger partial charge in [-0.1, -0.05) is 22.6 Å². The summed E-state index contributed by atoms with van der Waals surface area (Å²) >= 11 is 2.39. The third-order valence-corrected chi connectivity index (χ3v) is 2.13. The van der Waals surface area contributed by atoms with Gasteiger partial charge in [0.2, 0.25) is 0 Å². The molecule has 1 aliphatic rings. The average molecular weight is 240 g/mol. The maximum atomic E-state index is 3.46. The predicted molar refractivity (Wildman–Crippen MR) is 48.2 cm³/mol. The van der Waals surface area contributed by atoms with E-state index in [2.05, 4.69) is 33.2 Å². The molecule has 0 radical (unpaired) electrons. The second-order valence-corrected chi connectivity index (χ2v) is 3.41. The van der Waals surface area contributed by atoms with Crippen LogP contribution in [0.2, 0.25) is 0 Å². The second kappa shape index (κ2) is 4.46. The van der Waals surface area contributed by atoms with Crippen molar-refractivity contribution in [1.29, 1.82) is 0 Å². The molecule has 3 heteroatoms. The Labute approximate surface area is 69.9 Å². The minimum Gasteiger partial charge on any atom is -0.315 e. The molecule has 54 valence electrons. The van der Waals surface area contributed by atoms with Gasteiger partial charge in [0.15, 0.2) is 0 Å². The van der Waals surface area contributed by atoms with Crippen molar-refractivity contribution in [2.75, 3.05) is 24.1 Å². The summed E-state index contributed by atoms with van der Waals surface area (Å²) in [6.45, 7) is 3.52. The number of hydrogen-bond donors (Lipinski definition) is 2. The molecule has 0 aromatic carbocycles. The molecule has 0 aromatic rings. The van der Waals surface area contributed by atoms with Crippen LogP contribution >= 0.6 is 22.6 Å². The maximum Gasteiger partial charge on any atom is 0.0204 e. The van der Waals surface area contributed by atoms with Gasteiger partial charge in [0, 0.05) is 23.6 Å². The molecule has 1 fully saturated rings. The molecule has 1 atom stereocenters. The summed E-state index contributed by atoms with van der Waals surface area (Å²) in [5, 5.41) is 6.78. The van der Waals surface area contributed by atoms with E-state index in [1.165, 1.54) is 17.4 Å². The standard InChI is InChI=1S/C6H13IN2/c7-2-4-9-6-1-3-8-5-6/h6,8-9H,1-5H2. The summed E-state index contributed by atoms with van der Waals surface area (Å²) in [7, 11) is 0. The van der Waals surface area contributed by atoms with Crippen LogP contribution < -0.4 is 10.6 Å². The van der Waals surface area contributed by atoms with E-state index < -0.39 is 0 Å². The molecule has 0 saturated carbocycles. The Hall–Kier alpha value is 0.650. The summed E-state index contributed by atoms with van der Waals surface area (Å²) in [5.41, 5.74) is 0. The van der Waals surface area contributed by atoms with Gasteiger partial charge in [-0.05, 0) is 13.0 Å². The summed E-state index contributed by atoms with van der Waals surface area (Å²) in [6, 6.07) is 0.750. The zero-order valence-electron chi connectivity index (χ0n) is 5.49. The molecule has 0 bridgehead atoms. The molecule has 1 unspecified atom stereocenters. The normalized spacial score (nSPS) is 27.0. The van der Waals surface area contributed by atoms with E-state index in [1.54, 1.807) is 0 Å². The molecule has 9 heavy (non-hydrogen) atoms. The monoisotopic (exact) mass is 240 g/mol. The number of hydrogen-bond acceptors (Lipinski definition) is 2. The lowest BCUT2D eigenvalue weighted by Gasteiger charge is -2.07. The Morgan fingerprint density at radius 1 is 1.67 bits per heavy atom. The molecule has 0 aromatic heterocycles. The zero-order valence-corrected chi connectivity index (χ0v) is 7.65. The van der Waals surface area contributed by atoms with E-state index in [4.69, 9.17) is 0 Å². The molecule has 1 heterocycles. The lowest BCUT2D eigenvalue weighted by Crippen LogP contribution is -2.32. The van der Waals surface area contributed by atoms with Crippen LogP contribution in [0.1, 0.15) is 6.42 Å². The first-order chi connectivity index (χ1) is 4.43. The van der Waals surface area contributed by atoms with Crippen molar-refractivity contribution in [1.82, 2.24) is 10.6 Å². The van der Waals surface area contributed by atoms with Crippen LogP contribution in [0.4, 0.5) is 0 Å². The Bertz CT molecular complexity index is 71.5. The SMILES string of the molecule is ICCNC1CCNC1. The summed E-state index contributed by atoms with van der Waals surface area (Å²) in [6.07, 6.45) is 1.30. The molecule has 1 saturated heterocycles. The highest BCUT2D eigenvalue weighted by atomic mass is 127. The molecular weight excluding hydrogens is 227 g/mol. The fraction of sp³-hybridized carbons (Fsp3) is 1.00. The number of halogens is 1. The van der Waals surface area contributed by atoms with Crippen LogP contribution in [-0.4, -0.2) is 30.1 Å². The Balaban J connectivity index is 1.98. The van der Waals surface area contributed by atoms with Crippen LogP contribution in [0.5, 0.6) is 0 Å². The minimum atomic E-state index is 0.750. The van der Waals surface area contributed by atoms with Gasteiger partial charge < -0.3 is 10.6 Å². The van der Waals surface area contributed by atoms with E-state index in [1.807, 2.05) is 0 Å². The van der Waals surface area contributed by atoms with E-state index in [-0.39, 0.29) is 0 Å². The van der Waals surface area contributed by atoms with Crippen molar-refractivity contribution in [3.05, 3.63) is 0 Å². The maximum absolute atomic E-state index is 3.46. The van der Waals surface area contributed by atoms with Gasteiger partial charge in [-0.15, -0.1) is 0 Å². The van der Waals surface area contributed by atoms with Crippen LogP contribution in [0.15, 0.2) is 0 Å². The molecular formula is C6H13IN2. The van der Waals surface area contributed by atoms with Gasteiger partial charge in [-0.25, -0.2) is 0 Å². The number of rotatable bonds is 3. The third-order valence-electron chi connectivity index (χ3n) is 1.59. The zero-order chi connectivity index (χ0) is 6.53. The van der Waals surface area contributed by atoms with Crippen molar-refractivity contribution in [2.45, 2.75) is 12.5 Å². The molecule has 1 aliphatic heterocycles. The molecule has 2 N–H and O–H groups in total. The number of nitrogens with one attached hydrogen (secondary N) is 2. The average Bonchev–Trinajstić information content (AvgIpc) is 2.34. The lowest BCUT2D eigenvalue weighted by molar-refractivity contribution is 0.572. The largest absolute Gasteiger partial charge is 0.315 e. The molecule has 1 rings (SSSR count). The van der Waals surface area contributed by atoms with Crippen molar-refractivity contribution in [3.63, 3.8) is 0 Å². The molecule has 0 amide bonds. The first-order valence-corrected chi connectivity index (χ1v) is 4.96. The summed E-state index contributed by atoms with van der Waals surface area (Å²) < 4.78 is 1.22. The van der Waals surface area contributed by atoms with E-state index in [9.17, 15) is 0 Å². The highest BCUT2D eigenvalue weighted by Gasteiger charge is 2.11. The second-order valence-electron chi connectivity index (χ2n) is 2.33. The summed E-state index contributed by atoms with van der Waals surface area (Å²) in [4.78, 5) is 0. The fourth-order valence-electron chi connectivity index (χ4n) is 1.09. The van der Waals surface area contributed by atoms with Crippen molar-refractivity contribution < 1.29 is 0 Å². The van der Waals surface area contributed by atoms with E-state index in [0.29, 0.717) is 0 Å². The highest BCUT2D eigenvalue weighted by Crippen LogP contribution is 1.95. The van der Waals surface area contributed by atoms with Gasteiger partial charge in [-0.2, -0.15) is 0 Å². The quantitative estimate of drug-likeness (QED) is 0.550. The fourth-order valence-corrected chi connectivity index (χ4v) is 1.40. The Morgan fingerprint density at radius 2 is 2.56 bits per heavy atom. The van der Waals surface area contributed by atoms with Crippen LogP contribution in [0.25, 0.3) is 0 Å². The van der Waals surface area contributed by atoms with Gasteiger partial charge >= 0.3 is 0 Å². The topological polar surface area (TPSA) is 24.1 Å². The smallest absolute Gasteiger partial charge is 0.0204 e. The van der Waals surface area contributed by atoms with Crippen LogP contribution in [0, 0.1) is 0 Å². The van der Waals surface area contributed by atoms with Gasteiger partial charge in [0.25, 0.3) is 0 Å². The lowest BCUT2D eigenvalue weighted by atomic mass is 10.3. The summed E-state index contributed by atoms with van der Waals surface area (Å²) in [5.74, 6) is 0. The minimum absolute atomic E-state index is 0.750. The third kappa shape index (κ3) is 2.82. The van der Waals surface area contributed by atoms with Crippen LogP contribution in [-0.2, 0) is 0 Å². The molecule has 0 spiro atoms. The predicted octanol–water partition coefficient (Wildman–Crippen LogP) is 0.373. The van der Waals surface area contributed by atoms with E-state index in [0.717, 1.165) is 19.1 Å². The van der Waals surface area contributed by atoms with Crippen molar-refractivity contribution in [3.8, 4) is 0 Å². The van der Waals surface area contributed by atoms with Crippen LogP contribution in [0.3, 0.4) is 0 Å². The van der Waals surface area contributed by atoms with Gasteiger partial charge in [0.05, 0.1) is 0 Å². The number of alkyl halides is 1. The van der Waals surface area contributed by atoms with Gasteiger partial charge in [0.1, 0.15) is 0 Å². The highest BCUT2D eigenvalue weighted by molar-refractivity contribution is 14.1. The Morgan fingerprint density at radius 3 is 3.11 bits per heavy atom. The van der Waals surface area contributed by atoms with E-state index >= 15 is 0 Å². The molecule has 2 nitrogen and oxygen atoms in total. The van der Waals surface area contributed by atoms with Crippen molar-refractivity contribution in [2.24, 2.45) is 0 Å². The molecule has 0 aliphatic carbocycles. The first-order valence-electron chi connectivity index (χ1n) is 3.43. The van der Waals surface area contributed by atoms with Gasteiger partial charge in [-0.3, -0.25) is 0 Å². The van der Waals surface area contributed by atoms with Crippen molar-refractivity contribution >= 4 is 22.6 Å². The first kappa shape index (κ1) is 7.75. The Kier molecular flexibility index (Phi) is 3.85.